The Morgan fingerprint density at radius 3 is 2.39 bits per heavy atom. The fourth-order valence-corrected chi connectivity index (χ4v) is 3.02. The van der Waals surface area contributed by atoms with Crippen molar-refractivity contribution in [2.24, 2.45) is 11.8 Å². The maximum absolute atomic E-state index is 3.65. The van der Waals surface area contributed by atoms with Crippen molar-refractivity contribution in [3.8, 4) is 0 Å². The summed E-state index contributed by atoms with van der Waals surface area (Å²) < 4.78 is 0. The van der Waals surface area contributed by atoms with E-state index in [1.54, 1.807) is 0 Å². The third-order valence-electron chi connectivity index (χ3n) is 4.54. The Morgan fingerprint density at radius 2 is 1.78 bits per heavy atom. The van der Waals surface area contributed by atoms with Gasteiger partial charge in [-0.2, -0.15) is 0 Å². The maximum Gasteiger partial charge on any atom is 0.0110 e. The molecule has 0 spiro atoms. The normalized spacial score (nSPS) is 21.3. The Kier molecular flexibility index (Phi) is 5.97. The Morgan fingerprint density at radius 1 is 1.06 bits per heavy atom. The fourth-order valence-electron chi connectivity index (χ4n) is 3.02. The van der Waals surface area contributed by atoms with Crippen LogP contribution in [0.2, 0.25) is 0 Å². The highest BCUT2D eigenvalue weighted by Gasteiger charge is 2.23. The van der Waals surface area contributed by atoms with E-state index >= 15 is 0 Å². The number of hydrogen-bond acceptors (Lipinski definition) is 2. The van der Waals surface area contributed by atoms with Crippen LogP contribution in [0.1, 0.15) is 58.8 Å². The van der Waals surface area contributed by atoms with Crippen molar-refractivity contribution in [3.05, 3.63) is 0 Å². The van der Waals surface area contributed by atoms with Crippen LogP contribution in [0.3, 0.4) is 0 Å². The summed E-state index contributed by atoms with van der Waals surface area (Å²) in [6, 6.07) is 0.895. The molecule has 2 rings (SSSR count). The minimum atomic E-state index is 0.841. The second kappa shape index (κ2) is 7.49. The van der Waals surface area contributed by atoms with E-state index in [4.69, 9.17) is 0 Å². The Balaban J connectivity index is 1.64. The molecule has 0 heterocycles. The predicted molar refractivity (Wildman–Crippen MR) is 78.9 cm³/mol. The monoisotopic (exact) mass is 252 g/mol. The van der Waals surface area contributed by atoms with E-state index < -0.39 is 0 Å². The average molecular weight is 252 g/mol. The molecular formula is C16H32N2. The molecule has 0 aromatic carbocycles. The molecule has 0 amide bonds. The molecule has 0 radical (unpaired) electrons. The van der Waals surface area contributed by atoms with Gasteiger partial charge in [0.15, 0.2) is 0 Å². The van der Waals surface area contributed by atoms with Crippen molar-refractivity contribution < 1.29 is 0 Å². The van der Waals surface area contributed by atoms with Crippen LogP contribution < -0.4 is 5.32 Å². The zero-order chi connectivity index (χ0) is 12.8. The van der Waals surface area contributed by atoms with Crippen molar-refractivity contribution in [2.75, 3.05) is 26.2 Å². The van der Waals surface area contributed by atoms with E-state index in [1.165, 1.54) is 71.1 Å². The molecule has 0 saturated heterocycles. The zero-order valence-electron chi connectivity index (χ0n) is 12.5. The van der Waals surface area contributed by atoms with Gasteiger partial charge in [0.2, 0.25) is 0 Å². The van der Waals surface area contributed by atoms with Crippen LogP contribution in [0.15, 0.2) is 0 Å². The van der Waals surface area contributed by atoms with Gasteiger partial charge in [-0.05, 0) is 57.0 Å². The minimum absolute atomic E-state index is 0.841. The smallest absolute Gasteiger partial charge is 0.0110 e. The molecular weight excluding hydrogens is 220 g/mol. The molecule has 0 unspecified atom stereocenters. The minimum Gasteiger partial charge on any atom is -0.315 e. The molecule has 106 valence electrons. The SMILES string of the molecule is CC(C)CCN(CCNCC1CC1)C1CCCC1. The van der Waals surface area contributed by atoms with Crippen molar-refractivity contribution in [1.82, 2.24) is 10.2 Å². The number of hydrogen-bond donors (Lipinski definition) is 1. The van der Waals surface area contributed by atoms with Crippen molar-refractivity contribution >= 4 is 0 Å². The van der Waals surface area contributed by atoms with E-state index in [2.05, 4.69) is 24.1 Å². The van der Waals surface area contributed by atoms with Gasteiger partial charge in [-0.3, -0.25) is 4.90 Å². The molecule has 18 heavy (non-hydrogen) atoms. The summed E-state index contributed by atoms with van der Waals surface area (Å²) in [6.07, 6.45) is 10.1. The lowest BCUT2D eigenvalue weighted by atomic mass is 10.1. The van der Waals surface area contributed by atoms with Gasteiger partial charge in [-0.15, -0.1) is 0 Å². The Hall–Kier alpha value is -0.0800. The molecule has 2 nitrogen and oxygen atoms in total. The van der Waals surface area contributed by atoms with Crippen LogP contribution in [0.5, 0.6) is 0 Å². The first-order valence-electron chi connectivity index (χ1n) is 8.20. The standard InChI is InChI=1S/C16H32N2/c1-14(2)9-11-18(16-5-3-4-6-16)12-10-17-13-15-7-8-15/h14-17H,3-13H2,1-2H3. The second-order valence-electron chi connectivity index (χ2n) is 6.80. The molecule has 2 heteroatoms. The van der Waals surface area contributed by atoms with E-state index in [9.17, 15) is 0 Å². The molecule has 0 aliphatic heterocycles. The third-order valence-corrected chi connectivity index (χ3v) is 4.54. The molecule has 2 fully saturated rings. The molecule has 1 N–H and O–H groups in total. The lowest BCUT2D eigenvalue weighted by molar-refractivity contribution is 0.188. The molecule has 2 saturated carbocycles. The van der Waals surface area contributed by atoms with Gasteiger partial charge in [-0.1, -0.05) is 26.7 Å². The first-order valence-corrected chi connectivity index (χ1v) is 8.20. The second-order valence-corrected chi connectivity index (χ2v) is 6.80. The van der Waals surface area contributed by atoms with Gasteiger partial charge < -0.3 is 5.32 Å². The van der Waals surface area contributed by atoms with Crippen LogP contribution in [0.25, 0.3) is 0 Å². The quantitative estimate of drug-likeness (QED) is 0.634. The van der Waals surface area contributed by atoms with Gasteiger partial charge in [0.05, 0.1) is 0 Å². The van der Waals surface area contributed by atoms with Gasteiger partial charge in [0, 0.05) is 19.1 Å². The maximum atomic E-state index is 3.65. The summed E-state index contributed by atoms with van der Waals surface area (Å²) in [4.78, 5) is 2.77. The number of nitrogens with one attached hydrogen (secondary N) is 1. The van der Waals surface area contributed by atoms with E-state index in [0.717, 1.165) is 17.9 Å². The Bertz CT molecular complexity index is 217. The molecule has 0 aromatic heterocycles. The summed E-state index contributed by atoms with van der Waals surface area (Å²) in [6.45, 7) is 9.74. The van der Waals surface area contributed by atoms with Gasteiger partial charge in [-0.25, -0.2) is 0 Å². The Labute approximate surface area is 114 Å². The lowest BCUT2D eigenvalue weighted by Crippen LogP contribution is -2.39. The zero-order valence-corrected chi connectivity index (χ0v) is 12.5. The highest BCUT2D eigenvalue weighted by Crippen LogP contribution is 2.27. The summed E-state index contributed by atoms with van der Waals surface area (Å²) in [5.41, 5.74) is 0. The highest BCUT2D eigenvalue weighted by molar-refractivity contribution is 4.79. The van der Waals surface area contributed by atoms with E-state index in [0.29, 0.717) is 0 Å². The topological polar surface area (TPSA) is 15.3 Å². The summed E-state index contributed by atoms with van der Waals surface area (Å²) in [7, 11) is 0. The molecule has 0 aromatic rings. The molecule has 2 aliphatic carbocycles. The van der Waals surface area contributed by atoms with Gasteiger partial charge in [0.1, 0.15) is 0 Å². The van der Waals surface area contributed by atoms with E-state index in [-0.39, 0.29) is 0 Å². The number of rotatable bonds is 9. The first-order chi connectivity index (χ1) is 8.75. The highest BCUT2D eigenvalue weighted by atomic mass is 15.2. The molecule has 2 aliphatic rings. The van der Waals surface area contributed by atoms with Gasteiger partial charge >= 0.3 is 0 Å². The summed E-state index contributed by atoms with van der Waals surface area (Å²) in [5.74, 6) is 1.86. The van der Waals surface area contributed by atoms with Crippen LogP contribution in [-0.4, -0.2) is 37.1 Å². The van der Waals surface area contributed by atoms with E-state index in [1.807, 2.05) is 0 Å². The first kappa shape index (κ1) is 14.3. The summed E-state index contributed by atoms with van der Waals surface area (Å²) in [5, 5.41) is 3.65. The predicted octanol–water partition coefficient (Wildman–Crippen LogP) is 3.28. The van der Waals surface area contributed by atoms with Crippen LogP contribution in [0.4, 0.5) is 0 Å². The average Bonchev–Trinajstić information content (AvgIpc) is 3.00. The fraction of sp³-hybridized carbons (Fsp3) is 1.00. The number of nitrogens with zero attached hydrogens (tertiary/aromatic N) is 1. The van der Waals surface area contributed by atoms with Crippen molar-refractivity contribution in [1.29, 1.82) is 0 Å². The third kappa shape index (κ3) is 5.27. The lowest BCUT2D eigenvalue weighted by Gasteiger charge is -2.29. The summed E-state index contributed by atoms with van der Waals surface area (Å²) >= 11 is 0. The molecule has 0 atom stereocenters. The van der Waals surface area contributed by atoms with Crippen LogP contribution in [-0.2, 0) is 0 Å². The van der Waals surface area contributed by atoms with Crippen LogP contribution >= 0.6 is 0 Å². The van der Waals surface area contributed by atoms with Crippen LogP contribution in [0, 0.1) is 11.8 Å². The molecule has 0 bridgehead atoms. The largest absolute Gasteiger partial charge is 0.315 e. The van der Waals surface area contributed by atoms with Crippen molar-refractivity contribution in [2.45, 2.75) is 64.8 Å². The van der Waals surface area contributed by atoms with Gasteiger partial charge in [0.25, 0.3) is 0 Å². The van der Waals surface area contributed by atoms with Crippen molar-refractivity contribution in [3.63, 3.8) is 0 Å².